The van der Waals surface area contributed by atoms with Gasteiger partial charge in [0.15, 0.2) is 0 Å². The molecule has 15 heavy (non-hydrogen) atoms. The van der Waals surface area contributed by atoms with Gasteiger partial charge >= 0.3 is 5.97 Å². The van der Waals surface area contributed by atoms with Crippen LogP contribution in [0, 0.1) is 0 Å². The molecule has 4 heteroatoms. The smallest absolute Gasteiger partial charge is 0.305 e. The summed E-state index contributed by atoms with van der Waals surface area (Å²) in [6.45, 7) is 4.01. The van der Waals surface area contributed by atoms with Gasteiger partial charge in [-0.25, -0.2) is 0 Å². The lowest BCUT2D eigenvalue weighted by molar-refractivity contribution is -0.145. The maximum atomic E-state index is 11.1. The number of hydrogen-bond donors (Lipinski definition) is 0. The Labute approximate surface area is 91.9 Å². The highest BCUT2D eigenvalue weighted by atomic mass is 16.6. The number of carbonyl (C=O) groups is 1. The summed E-state index contributed by atoms with van der Waals surface area (Å²) in [4.78, 5) is 11.1. The highest BCUT2D eigenvalue weighted by Crippen LogP contribution is 2.00. The van der Waals surface area contributed by atoms with Crippen molar-refractivity contribution in [2.24, 2.45) is 0 Å². The summed E-state index contributed by atoms with van der Waals surface area (Å²) in [7, 11) is 1.62. The van der Waals surface area contributed by atoms with E-state index in [0.29, 0.717) is 32.8 Å². The minimum Gasteiger partial charge on any atom is -0.463 e. The van der Waals surface area contributed by atoms with Crippen molar-refractivity contribution in [3.05, 3.63) is 0 Å². The van der Waals surface area contributed by atoms with Crippen LogP contribution in [0.25, 0.3) is 0 Å². The number of unbranched alkanes of at least 4 members (excludes halogenated alkanes) is 2. The van der Waals surface area contributed by atoms with E-state index in [9.17, 15) is 4.79 Å². The highest BCUT2D eigenvalue weighted by molar-refractivity contribution is 5.69. The van der Waals surface area contributed by atoms with Gasteiger partial charge in [0, 0.05) is 13.5 Å². The molecule has 0 bridgehead atoms. The SMILES string of the molecule is CCCCCC(=O)OCCOCCOC. The second-order valence-corrected chi connectivity index (χ2v) is 3.28. The maximum Gasteiger partial charge on any atom is 0.305 e. The molecule has 0 aromatic rings. The first kappa shape index (κ1) is 14.4. The maximum absolute atomic E-state index is 11.1. The predicted molar refractivity (Wildman–Crippen MR) is 57.8 cm³/mol. The third-order valence-corrected chi connectivity index (χ3v) is 1.91. The first-order valence-corrected chi connectivity index (χ1v) is 5.53. The second kappa shape index (κ2) is 11.5. The van der Waals surface area contributed by atoms with E-state index < -0.39 is 0 Å². The van der Waals surface area contributed by atoms with Crippen molar-refractivity contribution in [2.45, 2.75) is 32.6 Å². The van der Waals surface area contributed by atoms with Crippen molar-refractivity contribution in [2.75, 3.05) is 33.5 Å². The van der Waals surface area contributed by atoms with Gasteiger partial charge in [-0.1, -0.05) is 19.8 Å². The molecule has 0 aliphatic carbocycles. The van der Waals surface area contributed by atoms with Crippen molar-refractivity contribution >= 4 is 5.97 Å². The van der Waals surface area contributed by atoms with E-state index in [4.69, 9.17) is 14.2 Å². The van der Waals surface area contributed by atoms with E-state index in [1.807, 2.05) is 0 Å². The number of ether oxygens (including phenoxy) is 3. The van der Waals surface area contributed by atoms with Crippen LogP contribution in [0.5, 0.6) is 0 Å². The second-order valence-electron chi connectivity index (χ2n) is 3.28. The molecule has 0 fully saturated rings. The zero-order chi connectivity index (χ0) is 11.4. The Morgan fingerprint density at radius 2 is 1.80 bits per heavy atom. The predicted octanol–water partition coefficient (Wildman–Crippen LogP) is 1.77. The van der Waals surface area contributed by atoms with E-state index in [0.717, 1.165) is 19.3 Å². The summed E-state index contributed by atoms with van der Waals surface area (Å²) >= 11 is 0. The average Bonchev–Trinajstić information content (AvgIpc) is 2.23. The minimum atomic E-state index is -0.126. The van der Waals surface area contributed by atoms with Gasteiger partial charge < -0.3 is 14.2 Å². The number of rotatable bonds is 10. The fraction of sp³-hybridized carbons (Fsp3) is 0.909. The lowest BCUT2D eigenvalue weighted by atomic mass is 10.2. The summed E-state index contributed by atoms with van der Waals surface area (Å²) in [5, 5.41) is 0. The highest BCUT2D eigenvalue weighted by Gasteiger charge is 2.01. The molecule has 0 rings (SSSR count). The van der Waals surface area contributed by atoms with Crippen molar-refractivity contribution in [3.8, 4) is 0 Å². The van der Waals surface area contributed by atoms with E-state index in [1.54, 1.807) is 7.11 Å². The Kier molecular flexibility index (Phi) is 11.0. The number of carbonyl (C=O) groups excluding carboxylic acids is 1. The number of hydrogen-bond acceptors (Lipinski definition) is 4. The van der Waals surface area contributed by atoms with Crippen LogP contribution in [-0.2, 0) is 19.0 Å². The molecule has 0 aliphatic heterocycles. The van der Waals surface area contributed by atoms with Crippen LogP contribution in [-0.4, -0.2) is 39.5 Å². The first-order chi connectivity index (χ1) is 7.31. The van der Waals surface area contributed by atoms with Gasteiger partial charge in [0.25, 0.3) is 0 Å². The van der Waals surface area contributed by atoms with Gasteiger partial charge in [-0.15, -0.1) is 0 Å². The molecule has 0 radical (unpaired) electrons. The standard InChI is InChI=1S/C11H22O4/c1-3-4-5-6-11(12)15-10-9-14-8-7-13-2/h3-10H2,1-2H3. The van der Waals surface area contributed by atoms with Crippen molar-refractivity contribution in [1.29, 1.82) is 0 Å². The van der Waals surface area contributed by atoms with Crippen LogP contribution in [0.2, 0.25) is 0 Å². The molecule has 0 aromatic heterocycles. The van der Waals surface area contributed by atoms with Crippen LogP contribution in [0.15, 0.2) is 0 Å². The summed E-state index contributed by atoms with van der Waals surface area (Å²) in [6, 6.07) is 0. The van der Waals surface area contributed by atoms with Crippen LogP contribution in [0.3, 0.4) is 0 Å². The normalized spacial score (nSPS) is 10.3. The Morgan fingerprint density at radius 3 is 2.47 bits per heavy atom. The molecule has 0 spiro atoms. The summed E-state index contributed by atoms with van der Waals surface area (Å²) < 4.78 is 14.9. The van der Waals surface area contributed by atoms with E-state index in [-0.39, 0.29) is 5.97 Å². The van der Waals surface area contributed by atoms with E-state index in [1.165, 1.54) is 0 Å². The molecule has 0 aromatic carbocycles. The molecular weight excluding hydrogens is 196 g/mol. The van der Waals surface area contributed by atoms with Crippen LogP contribution in [0.1, 0.15) is 32.6 Å². The van der Waals surface area contributed by atoms with Crippen molar-refractivity contribution in [3.63, 3.8) is 0 Å². The average molecular weight is 218 g/mol. The monoisotopic (exact) mass is 218 g/mol. The first-order valence-electron chi connectivity index (χ1n) is 5.53. The van der Waals surface area contributed by atoms with Gasteiger partial charge in [-0.2, -0.15) is 0 Å². The Balaban J connectivity index is 3.10. The zero-order valence-corrected chi connectivity index (χ0v) is 9.79. The van der Waals surface area contributed by atoms with Gasteiger partial charge in [0.1, 0.15) is 6.61 Å². The molecular formula is C11H22O4. The third-order valence-electron chi connectivity index (χ3n) is 1.91. The van der Waals surface area contributed by atoms with Crippen LogP contribution >= 0.6 is 0 Å². The molecule has 0 saturated carbocycles. The number of esters is 1. The fourth-order valence-corrected chi connectivity index (χ4v) is 1.05. The summed E-state index contributed by atoms with van der Waals surface area (Å²) in [5.41, 5.74) is 0. The van der Waals surface area contributed by atoms with Gasteiger partial charge in [-0.05, 0) is 6.42 Å². The molecule has 0 amide bonds. The van der Waals surface area contributed by atoms with E-state index in [2.05, 4.69) is 6.92 Å². The third kappa shape index (κ3) is 11.3. The summed E-state index contributed by atoms with van der Waals surface area (Å²) in [6.07, 6.45) is 3.64. The molecule has 0 unspecified atom stereocenters. The molecule has 0 heterocycles. The van der Waals surface area contributed by atoms with E-state index >= 15 is 0 Å². The van der Waals surface area contributed by atoms with Crippen LogP contribution in [0.4, 0.5) is 0 Å². The quantitative estimate of drug-likeness (QED) is 0.414. The Morgan fingerprint density at radius 1 is 1.07 bits per heavy atom. The van der Waals surface area contributed by atoms with Gasteiger partial charge in [0.2, 0.25) is 0 Å². The molecule has 90 valence electrons. The van der Waals surface area contributed by atoms with Gasteiger partial charge in [-0.3, -0.25) is 4.79 Å². The fourth-order valence-electron chi connectivity index (χ4n) is 1.05. The zero-order valence-electron chi connectivity index (χ0n) is 9.79. The lowest BCUT2D eigenvalue weighted by Crippen LogP contribution is -2.12. The topological polar surface area (TPSA) is 44.8 Å². The van der Waals surface area contributed by atoms with Crippen LogP contribution < -0.4 is 0 Å². The molecule has 0 N–H and O–H groups in total. The van der Waals surface area contributed by atoms with Gasteiger partial charge in [0.05, 0.1) is 19.8 Å². The van der Waals surface area contributed by atoms with Crippen molar-refractivity contribution in [1.82, 2.24) is 0 Å². The summed E-state index contributed by atoms with van der Waals surface area (Å²) in [5.74, 6) is -0.126. The molecule has 0 saturated heterocycles. The lowest BCUT2D eigenvalue weighted by Gasteiger charge is -2.05. The Hall–Kier alpha value is -0.610. The molecule has 4 nitrogen and oxygen atoms in total. The molecule has 0 atom stereocenters. The molecule has 0 aliphatic rings. The Bertz CT molecular complexity index is 148. The minimum absolute atomic E-state index is 0.126. The number of methoxy groups -OCH3 is 1. The van der Waals surface area contributed by atoms with Crippen molar-refractivity contribution < 1.29 is 19.0 Å². The largest absolute Gasteiger partial charge is 0.463 e.